The van der Waals surface area contributed by atoms with Crippen molar-refractivity contribution in [3.63, 3.8) is 0 Å². The van der Waals surface area contributed by atoms with Crippen molar-refractivity contribution in [1.82, 2.24) is 0 Å². The minimum absolute atomic E-state index is 0.0425. The van der Waals surface area contributed by atoms with E-state index in [1.807, 2.05) is 0 Å². The molecule has 0 bridgehead atoms. The van der Waals surface area contributed by atoms with E-state index in [9.17, 15) is 17.6 Å². The van der Waals surface area contributed by atoms with Gasteiger partial charge in [-0.25, -0.2) is 12.8 Å². The van der Waals surface area contributed by atoms with Crippen molar-refractivity contribution in [2.45, 2.75) is 4.90 Å². The lowest BCUT2D eigenvalue weighted by Crippen LogP contribution is -2.13. The number of nitrogens with one attached hydrogen (secondary N) is 1. The second kappa shape index (κ2) is 5.42. The van der Waals surface area contributed by atoms with Crippen LogP contribution in [-0.2, 0) is 9.84 Å². The molecule has 0 saturated carbocycles. The lowest BCUT2D eigenvalue weighted by Gasteiger charge is -2.06. The third-order valence-electron chi connectivity index (χ3n) is 2.61. The molecule has 4 nitrogen and oxygen atoms in total. The summed E-state index contributed by atoms with van der Waals surface area (Å²) in [6.07, 6.45) is 1.08. The number of rotatable bonds is 3. The molecular formula is C14H11FNO3S. The van der Waals surface area contributed by atoms with E-state index in [-0.39, 0.29) is 16.1 Å². The van der Waals surface area contributed by atoms with Gasteiger partial charge < -0.3 is 5.32 Å². The molecule has 0 aromatic heterocycles. The number of benzene rings is 2. The molecule has 0 spiro atoms. The number of hydrogen-bond donors (Lipinski definition) is 1. The molecule has 0 fully saturated rings. The summed E-state index contributed by atoms with van der Waals surface area (Å²) in [7, 11) is -3.31. The maximum atomic E-state index is 13.4. The van der Waals surface area contributed by atoms with Crippen LogP contribution in [0.3, 0.4) is 0 Å². The zero-order chi connectivity index (χ0) is 14.8. The maximum absolute atomic E-state index is 13.4. The number of halogens is 1. The molecule has 6 heteroatoms. The molecule has 1 amide bonds. The minimum Gasteiger partial charge on any atom is -0.319 e. The van der Waals surface area contributed by atoms with Crippen LogP contribution in [0.15, 0.2) is 47.4 Å². The smallest absolute Gasteiger partial charge is 0.255 e. The highest BCUT2D eigenvalue weighted by Gasteiger charge is 2.11. The van der Waals surface area contributed by atoms with E-state index in [1.54, 1.807) is 0 Å². The monoisotopic (exact) mass is 292 g/mol. The molecular weight excluding hydrogens is 281 g/mol. The van der Waals surface area contributed by atoms with Crippen LogP contribution in [0.5, 0.6) is 0 Å². The summed E-state index contributed by atoms with van der Waals surface area (Å²) in [4.78, 5) is 12.0. The summed E-state index contributed by atoms with van der Waals surface area (Å²) in [5.41, 5.74) is 0.283. The van der Waals surface area contributed by atoms with Crippen molar-refractivity contribution in [3.8, 4) is 0 Å². The van der Waals surface area contributed by atoms with Gasteiger partial charge in [0.1, 0.15) is 5.82 Å². The van der Waals surface area contributed by atoms with Crippen LogP contribution >= 0.6 is 0 Å². The molecule has 0 atom stereocenters. The Balaban J connectivity index is 2.20. The van der Waals surface area contributed by atoms with Crippen LogP contribution in [-0.4, -0.2) is 20.6 Å². The van der Waals surface area contributed by atoms with Gasteiger partial charge in [-0.15, -0.1) is 0 Å². The van der Waals surface area contributed by atoms with E-state index in [1.165, 1.54) is 36.4 Å². The van der Waals surface area contributed by atoms with Crippen LogP contribution in [0.25, 0.3) is 0 Å². The van der Waals surface area contributed by atoms with E-state index in [0.29, 0.717) is 0 Å². The van der Waals surface area contributed by atoms with E-state index in [2.05, 4.69) is 11.4 Å². The fourth-order valence-corrected chi connectivity index (χ4v) is 2.19. The van der Waals surface area contributed by atoms with Gasteiger partial charge in [0.05, 0.1) is 10.6 Å². The largest absolute Gasteiger partial charge is 0.319 e. The number of carbonyl (C=O) groups is 1. The van der Waals surface area contributed by atoms with Crippen molar-refractivity contribution < 1.29 is 17.6 Å². The lowest BCUT2D eigenvalue weighted by molar-refractivity contribution is 0.102. The summed E-state index contributed by atoms with van der Waals surface area (Å²) in [5, 5.41) is 2.40. The molecule has 0 aliphatic carbocycles. The molecule has 0 aliphatic heterocycles. The quantitative estimate of drug-likeness (QED) is 0.944. The van der Waals surface area contributed by atoms with Gasteiger partial charge in [0.25, 0.3) is 5.91 Å². The molecule has 0 unspecified atom stereocenters. The first-order valence-corrected chi connectivity index (χ1v) is 7.54. The van der Waals surface area contributed by atoms with Gasteiger partial charge in [0.2, 0.25) is 0 Å². The molecule has 1 radical (unpaired) electrons. The summed E-state index contributed by atoms with van der Waals surface area (Å²) in [5.74, 6) is -1.11. The summed E-state index contributed by atoms with van der Waals surface area (Å²) < 4.78 is 36.0. The van der Waals surface area contributed by atoms with E-state index in [0.717, 1.165) is 12.3 Å². The lowest BCUT2D eigenvalue weighted by atomic mass is 10.2. The molecule has 0 saturated heterocycles. The Morgan fingerprint density at radius 2 is 1.85 bits per heavy atom. The van der Waals surface area contributed by atoms with Crippen molar-refractivity contribution in [2.24, 2.45) is 0 Å². The molecule has 2 aromatic rings. The van der Waals surface area contributed by atoms with Crippen LogP contribution in [0.4, 0.5) is 10.1 Å². The Morgan fingerprint density at radius 1 is 1.20 bits per heavy atom. The van der Waals surface area contributed by atoms with Crippen LogP contribution in [0.1, 0.15) is 10.4 Å². The summed E-state index contributed by atoms with van der Waals surface area (Å²) >= 11 is 0. The third kappa shape index (κ3) is 3.21. The normalized spacial score (nSPS) is 11.1. The van der Waals surface area contributed by atoms with Crippen LogP contribution < -0.4 is 5.32 Å². The molecule has 103 valence electrons. The Labute approximate surface area is 116 Å². The summed E-state index contributed by atoms with van der Waals surface area (Å²) in [6, 6.07) is 11.9. The van der Waals surface area contributed by atoms with Gasteiger partial charge in [-0.3, -0.25) is 4.79 Å². The SMILES string of the molecule is CS(=O)(=O)c1ccc(C(=O)Nc2cc[c]cc2F)cc1. The zero-order valence-electron chi connectivity index (χ0n) is 10.6. The average molecular weight is 292 g/mol. The number of sulfone groups is 1. The third-order valence-corrected chi connectivity index (χ3v) is 3.73. The van der Waals surface area contributed by atoms with E-state index in [4.69, 9.17) is 0 Å². The van der Waals surface area contributed by atoms with Crippen molar-refractivity contribution in [2.75, 3.05) is 11.6 Å². The highest BCUT2D eigenvalue weighted by Crippen LogP contribution is 2.15. The van der Waals surface area contributed by atoms with E-state index < -0.39 is 21.6 Å². The van der Waals surface area contributed by atoms with Gasteiger partial charge in [-0.1, -0.05) is 6.07 Å². The topological polar surface area (TPSA) is 63.2 Å². The zero-order valence-corrected chi connectivity index (χ0v) is 11.4. The molecule has 20 heavy (non-hydrogen) atoms. The van der Waals surface area contributed by atoms with Gasteiger partial charge in [0, 0.05) is 11.8 Å². The predicted molar refractivity (Wildman–Crippen MR) is 72.7 cm³/mol. The van der Waals surface area contributed by atoms with Crippen LogP contribution in [0.2, 0.25) is 0 Å². The van der Waals surface area contributed by atoms with Crippen molar-refractivity contribution in [1.29, 1.82) is 0 Å². The standard InChI is InChI=1S/C14H11FNO3S/c1-20(18,19)11-8-6-10(7-9-11)14(17)16-13-5-3-2-4-12(13)15/h3-9H,1H3,(H,16,17). The molecule has 0 heterocycles. The summed E-state index contributed by atoms with van der Waals surface area (Å²) in [6.45, 7) is 0. The first kappa shape index (κ1) is 14.2. The van der Waals surface area contributed by atoms with Gasteiger partial charge >= 0.3 is 0 Å². The first-order chi connectivity index (χ1) is 9.38. The molecule has 2 aromatic carbocycles. The fourth-order valence-electron chi connectivity index (χ4n) is 1.56. The Morgan fingerprint density at radius 3 is 2.40 bits per heavy atom. The average Bonchev–Trinajstić information content (AvgIpc) is 2.40. The molecule has 1 N–H and O–H groups in total. The van der Waals surface area contributed by atoms with E-state index >= 15 is 0 Å². The fraction of sp³-hybridized carbons (Fsp3) is 0.0714. The minimum atomic E-state index is -3.31. The number of hydrogen-bond acceptors (Lipinski definition) is 3. The number of anilines is 1. The number of amides is 1. The highest BCUT2D eigenvalue weighted by molar-refractivity contribution is 7.90. The second-order valence-corrected chi connectivity index (χ2v) is 6.17. The first-order valence-electron chi connectivity index (χ1n) is 5.65. The van der Waals surface area contributed by atoms with Crippen molar-refractivity contribution >= 4 is 21.4 Å². The molecule has 0 aliphatic rings. The Hall–Kier alpha value is -2.21. The van der Waals surface area contributed by atoms with Gasteiger partial charge in [-0.2, -0.15) is 0 Å². The second-order valence-electron chi connectivity index (χ2n) is 4.16. The van der Waals surface area contributed by atoms with Gasteiger partial charge in [-0.05, 0) is 42.5 Å². The predicted octanol–water partition coefficient (Wildman–Crippen LogP) is 2.28. The Bertz CT molecular complexity index is 739. The van der Waals surface area contributed by atoms with Crippen molar-refractivity contribution in [3.05, 3.63) is 59.9 Å². The number of carbonyl (C=O) groups excluding carboxylic acids is 1. The Kier molecular flexibility index (Phi) is 3.85. The highest BCUT2D eigenvalue weighted by atomic mass is 32.2. The van der Waals surface area contributed by atoms with Crippen LogP contribution in [0, 0.1) is 11.9 Å². The maximum Gasteiger partial charge on any atom is 0.255 e. The molecule has 2 rings (SSSR count). The van der Waals surface area contributed by atoms with Gasteiger partial charge in [0.15, 0.2) is 9.84 Å².